The van der Waals surface area contributed by atoms with Gasteiger partial charge in [0.05, 0.1) is 4.90 Å². The molecular weight excluding hydrogens is 614 g/mol. The molecule has 3 aromatic rings. The van der Waals surface area contributed by atoms with E-state index in [1.54, 1.807) is 24.3 Å². The zero-order valence-corrected chi connectivity index (χ0v) is 26.3. The van der Waals surface area contributed by atoms with Gasteiger partial charge in [-0.1, -0.05) is 45.0 Å². The molecule has 1 saturated carbocycles. The minimum atomic E-state index is -3.95. The second-order valence-corrected chi connectivity index (χ2v) is 14.1. The molecule has 0 bridgehead atoms. The lowest BCUT2D eigenvalue weighted by Crippen LogP contribution is -2.36. The highest BCUT2D eigenvalue weighted by Gasteiger charge is 2.57. The Bertz CT molecular complexity index is 1530. The van der Waals surface area contributed by atoms with Crippen molar-refractivity contribution in [2.45, 2.75) is 49.6 Å². The molecule has 2 N–H and O–H groups in total. The molecule has 1 aliphatic heterocycles. The summed E-state index contributed by atoms with van der Waals surface area (Å²) in [5.74, 6) is -1.45. The minimum absolute atomic E-state index is 0. The normalized spacial score (nSPS) is 20.3. The van der Waals surface area contributed by atoms with Crippen LogP contribution in [0.25, 0.3) is 0 Å². The number of carboxylic acid groups (broad SMARTS) is 1. The van der Waals surface area contributed by atoms with Crippen molar-refractivity contribution in [1.82, 2.24) is 9.62 Å². The molecule has 8 nitrogen and oxygen atoms in total. The lowest BCUT2D eigenvalue weighted by Gasteiger charge is -2.20. The van der Waals surface area contributed by atoms with Crippen molar-refractivity contribution in [1.29, 1.82) is 0 Å². The third-order valence-corrected chi connectivity index (χ3v) is 9.81. The second kappa shape index (κ2) is 13.4. The molecule has 44 heavy (non-hydrogen) atoms. The van der Waals surface area contributed by atoms with E-state index in [1.165, 1.54) is 4.31 Å². The maximum absolute atomic E-state index is 13.5. The lowest BCUT2D eigenvalue weighted by atomic mass is 9.87. The van der Waals surface area contributed by atoms with Crippen molar-refractivity contribution in [2.24, 2.45) is 11.8 Å². The monoisotopic (exact) mass is 650 g/mol. The highest BCUT2D eigenvalue weighted by Crippen LogP contribution is 2.47. The maximum Gasteiger partial charge on any atom is 0.345 e. The number of nitrogens with one attached hydrogen (secondary N) is 1. The zero-order valence-electron chi connectivity index (χ0n) is 24.7. The summed E-state index contributed by atoms with van der Waals surface area (Å²) in [7, 11) is -3.95. The Hall–Kier alpha value is -3.25. The molecule has 3 aromatic carbocycles. The van der Waals surface area contributed by atoms with E-state index in [9.17, 15) is 27.1 Å². The third-order valence-electron chi connectivity index (χ3n) is 8.00. The van der Waals surface area contributed by atoms with E-state index in [0.717, 1.165) is 23.3 Å². The average Bonchev–Trinajstić information content (AvgIpc) is 3.37. The Balaban J connectivity index is 0.00000442. The predicted octanol–water partition coefficient (Wildman–Crippen LogP) is 5.05. The highest BCUT2D eigenvalue weighted by atomic mass is 35.5. The second-order valence-electron chi connectivity index (χ2n) is 12.2. The van der Waals surface area contributed by atoms with Gasteiger partial charge in [-0.15, -0.1) is 12.4 Å². The Labute approximate surface area is 262 Å². The molecule has 1 saturated heterocycles. The number of nitrogens with zero attached hydrogens (tertiary/aromatic N) is 1. The molecule has 2 fully saturated rings. The molecule has 12 heteroatoms. The summed E-state index contributed by atoms with van der Waals surface area (Å²) in [5, 5.41) is 13.1. The van der Waals surface area contributed by atoms with Gasteiger partial charge in [0.2, 0.25) is 10.0 Å². The molecular formula is C32H37ClF2N2O6S. The van der Waals surface area contributed by atoms with Gasteiger partial charge >= 0.3 is 5.97 Å². The molecule has 0 amide bonds. The standard InChI is InChI=1S/C32H36F2N2O6S.ClH/c1-32(2,3)21-6-10-25(11-7-21)42-29(31(37)38)14-20-4-8-24(9-5-20)41-13-12-35-30-27-18-36(19-28(27)30)43(39,40)26-16-22(33)15-23(34)17-26;/h4-11,15-17,27-30,35H,12-14,18-19H2,1-3H3,(H,37,38);1H/t27-,28+,29-,30+;/m0./s1. The maximum atomic E-state index is 13.5. The van der Waals surface area contributed by atoms with Crippen LogP contribution >= 0.6 is 12.4 Å². The number of hydrogen-bond acceptors (Lipinski definition) is 6. The third kappa shape index (κ3) is 7.87. The number of piperidine rings is 1. The summed E-state index contributed by atoms with van der Waals surface area (Å²) in [6, 6.07) is 17.2. The molecule has 1 heterocycles. The summed E-state index contributed by atoms with van der Waals surface area (Å²) in [4.78, 5) is 11.5. The summed E-state index contributed by atoms with van der Waals surface area (Å²) < 4.78 is 65.5. The Morgan fingerprint density at radius 3 is 2.09 bits per heavy atom. The van der Waals surface area contributed by atoms with Crippen molar-refractivity contribution < 1.29 is 36.6 Å². The average molecular weight is 651 g/mol. The van der Waals surface area contributed by atoms with Gasteiger partial charge in [-0.25, -0.2) is 22.0 Å². The fourth-order valence-corrected chi connectivity index (χ4v) is 7.08. The number of benzene rings is 3. The number of hydrogen-bond donors (Lipinski definition) is 2. The fourth-order valence-electron chi connectivity index (χ4n) is 5.52. The number of fused-ring (bicyclic) bond motifs is 1. The van der Waals surface area contributed by atoms with Crippen LogP contribution in [0.2, 0.25) is 0 Å². The number of rotatable bonds is 12. The topological polar surface area (TPSA) is 105 Å². The molecule has 0 aromatic heterocycles. The van der Waals surface area contributed by atoms with Crippen molar-refractivity contribution in [3.8, 4) is 11.5 Å². The number of aliphatic carboxylic acids is 1. The van der Waals surface area contributed by atoms with E-state index in [0.29, 0.717) is 43.8 Å². The van der Waals surface area contributed by atoms with Gasteiger partial charge in [-0.2, -0.15) is 4.31 Å². The van der Waals surface area contributed by atoms with Crippen LogP contribution in [0.15, 0.2) is 71.6 Å². The number of carboxylic acids is 1. The van der Waals surface area contributed by atoms with Crippen LogP contribution in [-0.2, 0) is 26.7 Å². The highest BCUT2D eigenvalue weighted by molar-refractivity contribution is 7.89. The SMILES string of the molecule is CC(C)(C)c1ccc(O[C@@H](Cc2ccc(OCCN[C@H]3[C@@H]4CN(S(=O)(=O)c5cc(F)cc(F)c5)C[C@@H]43)cc2)C(=O)O)cc1.Cl. The van der Waals surface area contributed by atoms with E-state index >= 15 is 0 Å². The summed E-state index contributed by atoms with van der Waals surface area (Å²) in [6.07, 6.45) is -0.834. The Morgan fingerprint density at radius 2 is 1.55 bits per heavy atom. The van der Waals surface area contributed by atoms with Gasteiger partial charge in [0.25, 0.3) is 0 Å². The first-order valence-electron chi connectivity index (χ1n) is 14.2. The van der Waals surface area contributed by atoms with E-state index in [1.807, 2.05) is 24.3 Å². The van der Waals surface area contributed by atoms with Gasteiger partial charge in [-0.3, -0.25) is 0 Å². The Morgan fingerprint density at radius 1 is 0.977 bits per heavy atom. The van der Waals surface area contributed by atoms with Crippen LogP contribution in [0.4, 0.5) is 8.78 Å². The lowest BCUT2D eigenvalue weighted by molar-refractivity contribution is -0.145. The van der Waals surface area contributed by atoms with E-state index in [2.05, 4.69) is 26.1 Å². The van der Waals surface area contributed by atoms with Crippen molar-refractivity contribution in [3.05, 3.63) is 89.5 Å². The van der Waals surface area contributed by atoms with E-state index < -0.39 is 33.7 Å². The number of carbonyl (C=O) groups is 1. The molecule has 0 radical (unpaired) electrons. The van der Waals surface area contributed by atoms with Gasteiger partial charge in [0.1, 0.15) is 29.7 Å². The molecule has 2 aliphatic rings. The Kier molecular flexibility index (Phi) is 10.2. The van der Waals surface area contributed by atoms with Crippen LogP contribution in [0.1, 0.15) is 31.9 Å². The predicted molar refractivity (Wildman–Crippen MR) is 164 cm³/mol. The van der Waals surface area contributed by atoms with Gasteiger partial charge in [0, 0.05) is 38.2 Å². The summed E-state index contributed by atoms with van der Waals surface area (Å²) in [5.41, 5.74) is 1.93. The molecule has 1 aliphatic carbocycles. The van der Waals surface area contributed by atoms with E-state index in [4.69, 9.17) is 9.47 Å². The quantitative estimate of drug-likeness (QED) is 0.265. The smallest absolute Gasteiger partial charge is 0.345 e. The van der Waals surface area contributed by atoms with Gasteiger partial charge in [0.15, 0.2) is 6.10 Å². The van der Waals surface area contributed by atoms with Crippen molar-refractivity contribution >= 4 is 28.4 Å². The molecule has 5 rings (SSSR count). The molecule has 238 valence electrons. The van der Waals surface area contributed by atoms with Crippen LogP contribution in [0.3, 0.4) is 0 Å². The first kappa shape index (κ1) is 33.6. The van der Waals surface area contributed by atoms with Crippen LogP contribution < -0.4 is 14.8 Å². The summed E-state index contributed by atoms with van der Waals surface area (Å²) in [6.45, 7) is 7.88. The largest absolute Gasteiger partial charge is 0.492 e. The minimum Gasteiger partial charge on any atom is -0.492 e. The van der Waals surface area contributed by atoms with Gasteiger partial charge < -0.3 is 19.9 Å². The number of halogens is 3. The molecule has 4 atom stereocenters. The first-order valence-corrected chi connectivity index (χ1v) is 15.7. The van der Waals surface area contributed by atoms with Crippen LogP contribution in [0, 0.1) is 23.5 Å². The number of sulfonamides is 1. The summed E-state index contributed by atoms with van der Waals surface area (Å²) >= 11 is 0. The zero-order chi connectivity index (χ0) is 30.9. The number of ether oxygens (including phenoxy) is 2. The first-order chi connectivity index (χ1) is 20.3. The molecule has 0 spiro atoms. The van der Waals surface area contributed by atoms with Crippen molar-refractivity contribution in [3.63, 3.8) is 0 Å². The van der Waals surface area contributed by atoms with Crippen molar-refractivity contribution in [2.75, 3.05) is 26.2 Å². The van der Waals surface area contributed by atoms with Crippen LogP contribution in [0.5, 0.6) is 11.5 Å². The molecule has 0 unspecified atom stereocenters. The van der Waals surface area contributed by atoms with Gasteiger partial charge in [-0.05, 0) is 64.8 Å². The van der Waals surface area contributed by atoms with Crippen LogP contribution in [-0.4, -0.2) is 62.2 Å². The van der Waals surface area contributed by atoms with E-state index in [-0.39, 0.29) is 47.0 Å². The fraction of sp³-hybridized carbons (Fsp3) is 0.406.